The standard InChI is InChI=1S/C16H13FN4OS/c17-13-5-1-11(2-6-13)9-15-19-20-16(23)21(15)18-10-12-3-7-14(22)8-4-12/h1-8,10,22H,9H2,(H,20,23)/b18-10+. The molecule has 0 aliphatic heterocycles. The lowest BCUT2D eigenvalue weighted by Crippen LogP contribution is -2.00. The molecule has 0 radical (unpaired) electrons. The fourth-order valence-corrected chi connectivity index (χ4v) is 2.23. The van der Waals surface area contributed by atoms with E-state index in [1.54, 1.807) is 42.6 Å². The molecule has 0 unspecified atom stereocenters. The van der Waals surface area contributed by atoms with Gasteiger partial charge in [-0.05, 0) is 59.7 Å². The highest BCUT2D eigenvalue weighted by Crippen LogP contribution is 2.10. The summed E-state index contributed by atoms with van der Waals surface area (Å²) in [6, 6.07) is 12.8. The predicted octanol–water partition coefficient (Wildman–Crippen LogP) is 3.26. The Morgan fingerprint density at radius 3 is 2.57 bits per heavy atom. The van der Waals surface area contributed by atoms with Crippen LogP contribution in [0.25, 0.3) is 0 Å². The highest BCUT2D eigenvalue weighted by atomic mass is 32.1. The van der Waals surface area contributed by atoms with E-state index in [9.17, 15) is 9.50 Å². The van der Waals surface area contributed by atoms with Crippen LogP contribution in [0.5, 0.6) is 5.75 Å². The Morgan fingerprint density at radius 2 is 1.87 bits per heavy atom. The Labute approximate surface area is 136 Å². The molecule has 0 amide bonds. The van der Waals surface area contributed by atoms with Gasteiger partial charge in [-0.15, -0.1) is 0 Å². The fourth-order valence-electron chi connectivity index (χ4n) is 2.03. The maximum Gasteiger partial charge on any atom is 0.216 e. The zero-order valence-electron chi connectivity index (χ0n) is 12.0. The van der Waals surface area contributed by atoms with E-state index < -0.39 is 0 Å². The van der Waals surface area contributed by atoms with Crippen molar-refractivity contribution in [3.63, 3.8) is 0 Å². The molecule has 0 bridgehead atoms. The highest BCUT2D eigenvalue weighted by Gasteiger charge is 2.06. The van der Waals surface area contributed by atoms with E-state index in [0.29, 0.717) is 17.0 Å². The van der Waals surface area contributed by atoms with E-state index in [1.165, 1.54) is 16.8 Å². The number of phenols is 1. The third kappa shape index (κ3) is 3.70. The lowest BCUT2D eigenvalue weighted by atomic mass is 10.1. The van der Waals surface area contributed by atoms with Crippen molar-refractivity contribution in [1.82, 2.24) is 14.9 Å². The number of nitrogens with one attached hydrogen (secondary N) is 1. The minimum atomic E-state index is -0.280. The first-order valence-corrected chi connectivity index (χ1v) is 7.27. The van der Waals surface area contributed by atoms with Crippen molar-refractivity contribution < 1.29 is 9.50 Å². The van der Waals surface area contributed by atoms with Gasteiger partial charge in [-0.3, -0.25) is 5.10 Å². The molecule has 0 saturated carbocycles. The molecule has 0 fully saturated rings. The second-order valence-corrected chi connectivity index (χ2v) is 5.28. The summed E-state index contributed by atoms with van der Waals surface area (Å²) in [5, 5.41) is 20.5. The summed E-state index contributed by atoms with van der Waals surface area (Å²) in [5.74, 6) is 0.536. The molecule has 116 valence electrons. The quantitative estimate of drug-likeness (QED) is 0.571. The SMILES string of the molecule is Oc1ccc(/C=N/n2c(Cc3ccc(F)cc3)n[nH]c2=S)cc1. The fraction of sp³-hybridized carbons (Fsp3) is 0.0625. The molecule has 5 nitrogen and oxygen atoms in total. The number of benzene rings is 2. The van der Waals surface area contributed by atoms with Crippen molar-refractivity contribution in [2.24, 2.45) is 5.10 Å². The van der Waals surface area contributed by atoms with Gasteiger partial charge in [-0.1, -0.05) is 12.1 Å². The number of aromatic nitrogens is 3. The van der Waals surface area contributed by atoms with Crippen molar-refractivity contribution in [3.05, 3.63) is 76.1 Å². The molecular formula is C16H13FN4OS. The number of halogens is 1. The molecule has 7 heteroatoms. The number of aromatic hydroxyl groups is 1. The normalized spacial score (nSPS) is 11.2. The molecule has 2 aromatic carbocycles. The monoisotopic (exact) mass is 328 g/mol. The second kappa shape index (κ2) is 6.53. The van der Waals surface area contributed by atoms with Crippen LogP contribution in [0.15, 0.2) is 53.6 Å². The number of hydrogen-bond donors (Lipinski definition) is 2. The first-order valence-electron chi connectivity index (χ1n) is 6.86. The molecule has 0 atom stereocenters. The van der Waals surface area contributed by atoms with Crippen molar-refractivity contribution >= 4 is 18.4 Å². The highest BCUT2D eigenvalue weighted by molar-refractivity contribution is 7.71. The molecule has 0 saturated heterocycles. The third-order valence-electron chi connectivity index (χ3n) is 3.21. The summed E-state index contributed by atoms with van der Waals surface area (Å²) in [6.45, 7) is 0. The Balaban J connectivity index is 1.85. The molecule has 3 aromatic rings. The van der Waals surface area contributed by atoms with E-state index in [4.69, 9.17) is 12.2 Å². The smallest absolute Gasteiger partial charge is 0.216 e. The van der Waals surface area contributed by atoms with Gasteiger partial charge in [0.25, 0.3) is 0 Å². The van der Waals surface area contributed by atoms with Gasteiger partial charge in [0.15, 0.2) is 5.82 Å². The van der Waals surface area contributed by atoms with Crippen LogP contribution in [0, 0.1) is 10.6 Å². The third-order valence-corrected chi connectivity index (χ3v) is 3.47. The van der Waals surface area contributed by atoms with E-state index in [2.05, 4.69) is 15.3 Å². The van der Waals surface area contributed by atoms with E-state index in [1.807, 2.05) is 0 Å². The first kappa shape index (κ1) is 15.1. The Morgan fingerprint density at radius 1 is 1.17 bits per heavy atom. The van der Waals surface area contributed by atoms with Gasteiger partial charge in [0.1, 0.15) is 11.6 Å². The number of nitrogens with zero attached hydrogens (tertiary/aromatic N) is 3. The van der Waals surface area contributed by atoms with Crippen LogP contribution in [-0.4, -0.2) is 26.2 Å². The van der Waals surface area contributed by atoms with Crippen LogP contribution in [0.1, 0.15) is 17.0 Å². The molecular weight excluding hydrogens is 315 g/mol. The number of rotatable bonds is 4. The molecule has 0 aliphatic rings. The summed E-state index contributed by atoms with van der Waals surface area (Å²) in [5.41, 5.74) is 1.72. The van der Waals surface area contributed by atoms with Gasteiger partial charge in [0.2, 0.25) is 4.77 Å². The van der Waals surface area contributed by atoms with Gasteiger partial charge in [-0.25, -0.2) is 4.39 Å². The van der Waals surface area contributed by atoms with Crippen LogP contribution in [0.4, 0.5) is 4.39 Å². The first-order chi connectivity index (χ1) is 11.1. The average Bonchev–Trinajstić information content (AvgIpc) is 2.89. The largest absolute Gasteiger partial charge is 0.508 e. The van der Waals surface area contributed by atoms with Gasteiger partial charge in [-0.2, -0.15) is 14.9 Å². The minimum absolute atomic E-state index is 0.194. The summed E-state index contributed by atoms with van der Waals surface area (Å²) in [4.78, 5) is 0. The van der Waals surface area contributed by atoms with Crippen molar-refractivity contribution in [2.75, 3.05) is 0 Å². The van der Waals surface area contributed by atoms with Crippen molar-refractivity contribution in [1.29, 1.82) is 0 Å². The Bertz CT molecular complexity index is 882. The van der Waals surface area contributed by atoms with Gasteiger partial charge in [0.05, 0.1) is 6.21 Å². The summed E-state index contributed by atoms with van der Waals surface area (Å²) < 4.78 is 14.9. The van der Waals surface area contributed by atoms with Gasteiger partial charge < -0.3 is 5.11 Å². The summed E-state index contributed by atoms with van der Waals surface area (Å²) >= 11 is 5.18. The van der Waals surface area contributed by atoms with Crippen LogP contribution in [0.2, 0.25) is 0 Å². The van der Waals surface area contributed by atoms with Gasteiger partial charge in [0, 0.05) is 6.42 Å². The Hall–Kier alpha value is -2.80. The average molecular weight is 328 g/mol. The number of hydrogen-bond acceptors (Lipinski definition) is 4. The van der Waals surface area contributed by atoms with Crippen molar-refractivity contribution in [2.45, 2.75) is 6.42 Å². The molecule has 2 N–H and O–H groups in total. The molecule has 0 spiro atoms. The zero-order valence-corrected chi connectivity index (χ0v) is 12.8. The summed E-state index contributed by atoms with van der Waals surface area (Å²) in [6.07, 6.45) is 2.10. The lowest BCUT2D eigenvalue weighted by molar-refractivity contribution is 0.475. The van der Waals surface area contributed by atoms with Crippen LogP contribution < -0.4 is 0 Å². The molecule has 3 rings (SSSR count). The summed E-state index contributed by atoms with van der Waals surface area (Å²) in [7, 11) is 0. The van der Waals surface area contributed by atoms with E-state index >= 15 is 0 Å². The van der Waals surface area contributed by atoms with Crippen LogP contribution >= 0.6 is 12.2 Å². The second-order valence-electron chi connectivity index (χ2n) is 4.90. The van der Waals surface area contributed by atoms with E-state index in [0.717, 1.165) is 11.1 Å². The van der Waals surface area contributed by atoms with Crippen LogP contribution in [0.3, 0.4) is 0 Å². The maximum atomic E-state index is 13.0. The zero-order chi connectivity index (χ0) is 16.2. The number of phenolic OH excluding ortho intramolecular Hbond substituents is 1. The van der Waals surface area contributed by atoms with Crippen molar-refractivity contribution in [3.8, 4) is 5.75 Å². The number of aromatic amines is 1. The molecule has 1 aromatic heterocycles. The molecule has 1 heterocycles. The molecule has 0 aliphatic carbocycles. The maximum absolute atomic E-state index is 13.0. The predicted molar refractivity (Wildman–Crippen MR) is 87.7 cm³/mol. The minimum Gasteiger partial charge on any atom is -0.508 e. The number of H-pyrrole nitrogens is 1. The van der Waals surface area contributed by atoms with E-state index in [-0.39, 0.29) is 11.6 Å². The van der Waals surface area contributed by atoms with Crippen LogP contribution in [-0.2, 0) is 6.42 Å². The molecule has 23 heavy (non-hydrogen) atoms. The van der Waals surface area contributed by atoms with Gasteiger partial charge >= 0.3 is 0 Å². The lowest BCUT2D eigenvalue weighted by Gasteiger charge is -2.01. The topological polar surface area (TPSA) is 66.2 Å². The Kier molecular flexibility index (Phi) is 4.29.